The van der Waals surface area contributed by atoms with Crippen LogP contribution in [0.5, 0.6) is 5.75 Å². The van der Waals surface area contributed by atoms with Crippen molar-refractivity contribution >= 4 is 29.4 Å². The van der Waals surface area contributed by atoms with Crippen LogP contribution in [0.1, 0.15) is 12.8 Å². The van der Waals surface area contributed by atoms with E-state index in [0.717, 1.165) is 7.11 Å². The van der Waals surface area contributed by atoms with Crippen LogP contribution in [0.3, 0.4) is 0 Å². The molecule has 0 aliphatic heterocycles. The molecule has 2 rings (SSSR count). The van der Waals surface area contributed by atoms with E-state index in [2.05, 4.69) is 10.1 Å². The van der Waals surface area contributed by atoms with E-state index in [1.807, 2.05) is 0 Å². The van der Waals surface area contributed by atoms with Crippen molar-refractivity contribution in [2.75, 3.05) is 7.11 Å². The number of rotatable bonds is 7. The summed E-state index contributed by atoms with van der Waals surface area (Å²) in [5.74, 6) is -2.95. The molecule has 0 saturated carbocycles. The minimum atomic E-state index is -1.55. The predicted octanol–water partition coefficient (Wildman–Crippen LogP) is -1.06. The number of benzene rings is 1. The van der Waals surface area contributed by atoms with Crippen LogP contribution in [0.25, 0.3) is 0 Å². The molecule has 1 aromatic carbocycles. The van der Waals surface area contributed by atoms with Crippen LogP contribution in [0, 0.1) is 0 Å². The maximum atomic E-state index is 12.4. The lowest BCUT2D eigenvalue weighted by atomic mass is 9.91. The summed E-state index contributed by atoms with van der Waals surface area (Å²) in [6.07, 6.45) is -3.35. The Morgan fingerprint density at radius 1 is 1.29 bits per heavy atom. The van der Waals surface area contributed by atoms with E-state index < -0.39 is 48.6 Å². The zero-order valence-corrected chi connectivity index (χ0v) is 15.6. The van der Waals surface area contributed by atoms with E-state index in [9.17, 15) is 29.7 Å². The minimum Gasteiger partial charge on any atom is -0.550 e. The van der Waals surface area contributed by atoms with Crippen LogP contribution < -0.4 is 15.2 Å². The van der Waals surface area contributed by atoms with E-state index in [-0.39, 0.29) is 12.0 Å². The summed E-state index contributed by atoms with van der Waals surface area (Å²) in [6, 6.07) is 4.79. The average Bonchev–Trinajstić information content (AvgIpc) is 2.65. The second kappa shape index (κ2) is 9.54. The molecule has 0 radical (unpaired) electrons. The molecule has 0 unspecified atom stereocenters. The van der Waals surface area contributed by atoms with Gasteiger partial charge in [-0.25, -0.2) is 4.79 Å². The number of ether oxygens (including phenoxy) is 2. The first-order valence-electron chi connectivity index (χ1n) is 8.29. The van der Waals surface area contributed by atoms with Gasteiger partial charge in [-0.1, -0.05) is 11.6 Å². The first-order chi connectivity index (χ1) is 13.2. The van der Waals surface area contributed by atoms with Gasteiger partial charge in [-0.3, -0.25) is 4.79 Å². The fourth-order valence-corrected chi connectivity index (χ4v) is 2.75. The van der Waals surface area contributed by atoms with Crippen LogP contribution in [0.15, 0.2) is 35.9 Å². The zero-order valence-electron chi connectivity index (χ0n) is 14.8. The standard InChI is InChI=1S/C18H20ClNO8/c1-27-18(26)12(8-15(22)23)20-17(25)9-6-13(21)16(24)14(7-9)28-11-4-2-10(19)3-5-11/h2-5,7,12-14,16,21,24H,6,8H2,1H3,(H,20,25)(H,22,23)/p-1/t12-,13-,14-,16-/m1/s1. The second-order valence-corrected chi connectivity index (χ2v) is 6.55. The molecular weight excluding hydrogens is 394 g/mol. The largest absolute Gasteiger partial charge is 0.550 e. The summed E-state index contributed by atoms with van der Waals surface area (Å²) in [5, 5.41) is 33.7. The van der Waals surface area contributed by atoms with Gasteiger partial charge in [0.15, 0.2) is 0 Å². The third-order valence-corrected chi connectivity index (χ3v) is 4.32. The van der Waals surface area contributed by atoms with Crippen LogP contribution >= 0.6 is 11.6 Å². The maximum absolute atomic E-state index is 12.4. The summed E-state index contributed by atoms with van der Waals surface area (Å²) in [4.78, 5) is 34.9. The van der Waals surface area contributed by atoms with Crippen LogP contribution in [0.2, 0.25) is 5.02 Å². The Balaban J connectivity index is 2.17. The number of hydrogen-bond donors (Lipinski definition) is 3. The lowest BCUT2D eigenvalue weighted by Crippen LogP contribution is -2.48. The first kappa shape index (κ1) is 21.7. The van der Waals surface area contributed by atoms with Crippen molar-refractivity contribution in [2.45, 2.75) is 37.2 Å². The van der Waals surface area contributed by atoms with E-state index in [1.165, 1.54) is 6.08 Å². The summed E-state index contributed by atoms with van der Waals surface area (Å²) >= 11 is 5.80. The fourth-order valence-electron chi connectivity index (χ4n) is 2.63. The van der Waals surface area contributed by atoms with Gasteiger partial charge in [-0.2, -0.15) is 0 Å². The predicted molar refractivity (Wildman–Crippen MR) is 94.2 cm³/mol. The highest BCUT2D eigenvalue weighted by atomic mass is 35.5. The Labute approximate surface area is 165 Å². The first-order valence-corrected chi connectivity index (χ1v) is 8.66. The molecule has 0 saturated heterocycles. The van der Waals surface area contributed by atoms with Gasteiger partial charge in [0.2, 0.25) is 5.91 Å². The highest BCUT2D eigenvalue weighted by Gasteiger charge is 2.35. The molecular formula is C18H19ClNO8-. The molecule has 9 nitrogen and oxygen atoms in total. The molecule has 1 aliphatic rings. The zero-order chi connectivity index (χ0) is 20.8. The van der Waals surface area contributed by atoms with Crippen molar-refractivity contribution in [2.24, 2.45) is 0 Å². The van der Waals surface area contributed by atoms with Gasteiger partial charge in [0.25, 0.3) is 0 Å². The highest BCUT2D eigenvalue weighted by molar-refractivity contribution is 6.30. The number of methoxy groups -OCH3 is 1. The Bertz CT molecular complexity index is 763. The van der Waals surface area contributed by atoms with Crippen molar-refractivity contribution in [3.63, 3.8) is 0 Å². The average molecular weight is 413 g/mol. The molecule has 28 heavy (non-hydrogen) atoms. The summed E-state index contributed by atoms with van der Waals surface area (Å²) < 4.78 is 10.1. The number of amides is 1. The summed E-state index contributed by atoms with van der Waals surface area (Å²) in [5.41, 5.74) is 0.0176. The second-order valence-electron chi connectivity index (χ2n) is 6.12. The third-order valence-electron chi connectivity index (χ3n) is 4.06. The molecule has 4 atom stereocenters. The van der Waals surface area contributed by atoms with Crippen molar-refractivity contribution < 1.29 is 39.2 Å². The van der Waals surface area contributed by atoms with Crippen molar-refractivity contribution in [1.82, 2.24) is 5.32 Å². The molecule has 152 valence electrons. The van der Waals surface area contributed by atoms with E-state index in [0.29, 0.717) is 10.8 Å². The Hall–Kier alpha value is -2.62. The monoisotopic (exact) mass is 412 g/mol. The number of halogens is 1. The number of carboxylic acids is 1. The van der Waals surface area contributed by atoms with Gasteiger partial charge in [0, 0.05) is 29.4 Å². The van der Waals surface area contributed by atoms with Gasteiger partial charge in [0.1, 0.15) is 24.0 Å². The molecule has 1 aliphatic carbocycles. The number of nitrogens with one attached hydrogen (secondary N) is 1. The summed E-state index contributed by atoms with van der Waals surface area (Å²) in [6.45, 7) is 0. The lowest BCUT2D eigenvalue weighted by Gasteiger charge is -2.31. The van der Waals surface area contributed by atoms with Crippen molar-refractivity contribution in [1.29, 1.82) is 0 Å². The number of carbonyl (C=O) groups is 3. The Morgan fingerprint density at radius 2 is 1.93 bits per heavy atom. The number of carbonyl (C=O) groups excluding carboxylic acids is 3. The number of carboxylic acid groups (broad SMARTS) is 1. The van der Waals surface area contributed by atoms with E-state index >= 15 is 0 Å². The highest BCUT2D eigenvalue weighted by Crippen LogP contribution is 2.25. The van der Waals surface area contributed by atoms with Gasteiger partial charge in [0.05, 0.1) is 13.2 Å². The van der Waals surface area contributed by atoms with Gasteiger partial charge < -0.3 is 34.9 Å². The van der Waals surface area contributed by atoms with Crippen molar-refractivity contribution in [3.05, 3.63) is 40.9 Å². The van der Waals surface area contributed by atoms with Gasteiger partial charge in [-0.05, 0) is 30.3 Å². The SMILES string of the molecule is COC(=O)[C@@H](CC(=O)[O-])NC(=O)C1=C[C@@H](Oc2ccc(Cl)cc2)[C@H](O)[C@H](O)C1. The Morgan fingerprint density at radius 3 is 2.50 bits per heavy atom. The Kier molecular flexibility index (Phi) is 7.38. The minimum absolute atomic E-state index is 0.0176. The maximum Gasteiger partial charge on any atom is 0.328 e. The molecule has 0 fully saturated rings. The van der Waals surface area contributed by atoms with Crippen LogP contribution in [-0.4, -0.2) is 59.5 Å². The van der Waals surface area contributed by atoms with Gasteiger partial charge in [-0.15, -0.1) is 0 Å². The quantitative estimate of drug-likeness (QED) is 0.480. The molecule has 1 amide bonds. The number of aliphatic hydroxyl groups excluding tert-OH is 2. The van der Waals surface area contributed by atoms with Crippen LogP contribution in [0.4, 0.5) is 0 Å². The molecule has 0 spiro atoms. The van der Waals surface area contributed by atoms with Crippen molar-refractivity contribution in [3.8, 4) is 5.75 Å². The molecule has 3 N–H and O–H groups in total. The third kappa shape index (κ3) is 5.69. The molecule has 0 heterocycles. The topological polar surface area (TPSA) is 145 Å². The van der Waals surface area contributed by atoms with Gasteiger partial charge >= 0.3 is 5.97 Å². The molecule has 1 aromatic rings. The molecule has 0 bridgehead atoms. The number of aliphatic carboxylic acids is 1. The fraction of sp³-hybridized carbons (Fsp3) is 0.389. The summed E-state index contributed by atoms with van der Waals surface area (Å²) in [7, 11) is 1.05. The normalized spacial score (nSPS) is 22.6. The smallest absolute Gasteiger partial charge is 0.328 e. The number of aliphatic hydroxyl groups is 2. The number of esters is 1. The number of hydrogen-bond acceptors (Lipinski definition) is 8. The van der Waals surface area contributed by atoms with E-state index in [4.69, 9.17) is 16.3 Å². The van der Waals surface area contributed by atoms with E-state index in [1.54, 1.807) is 24.3 Å². The van der Waals surface area contributed by atoms with Crippen LogP contribution in [-0.2, 0) is 19.1 Å². The molecule has 0 aromatic heterocycles. The molecule has 10 heteroatoms. The lowest BCUT2D eigenvalue weighted by molar-refractivity contribution is -0.306.